The van der Waals surface area contributed by atoms with Crippen LogP contribution in [-0.4, -0.2) is 49.6 Å². The van der Waals surface area contributed by atoms with Crippen LogP contribution in [0.5, 0.6) is 0 Å². The Balaban J connectivity index is 2.74. The van der Waals surface area contributed by atoms with Gasteiger partial charge in [-0.3, -0.25) is 14.6 Å². The lowest BCUT2D eigenvalue weighted by Crippen LogP contribution is -2.19. The highest BCUT2D eigenvalue weighted by Crippen LogP contribution is 2.37. The molecule has 8 heteroatoms. The van der Waals surface area contributed by atoms with E-state index in [4.69, 9.17) is 10.1 Å². The van der Waals surface area contributed by atoms with Crippen molar-refractivity contribution in [1.29, 1.82) is 0 Å². The van der Waals surface area contributed by atoms with E-state index in [9.17, 15) is 29.3 Å². The minimum absolute atomic E-state index is 0.0510. The van der Waals surface area contributed by atoms with Crippen LogP contribution in [0, 0.1) is 5.82 Å². The maximum atomic E-state index is 13.7. The number of hydrogen-bond donors (Lipinski definition) is 4. The predicted octanol–water partition coefficient (Wildman–Crippen LogP) is 4.36. The van der Waals surface area contributed by atoms with Gasteiger partial charge >= 0.3 is 11.9 Å². The van der Waals surface area contributed by atoms with E-state index in [2.05, 4.69) is 0 Å². The lowest BCUT2D eigenvalue weighted by atomic mass is 9.85. The van der Waals surface area contributed by atoms with Gasteiger partial charge in [-0.25, -0.2) is 4.39 Å². The summed E-state index contributed by atoms with van der Waals surface area (Å²) in [6.07, 6.45) is -0.256. The van der Waals surface area contributed by atoms with Gasteiger partial charge < -0.3 is 20.4 Å². The largest absolute Gasteiger partial charge is 0.481 e. The minimum atomic E-state index is -1.22. The van der Waals surface area contributed by atoms with Crippen molar-refractivity contribution in [2.45, 2.75) is 71.0 Å². The molecule has 0 aliphatic carbocycles. The topological polar surface area (TPSA) is 128 Å². The van der Waals surface area contributed by atoms with Gasteiger partial charge in [0, 0.05) is 17.7 Å². The molecule has 2 aromatic rings. The average molecular weight is 474 g/mol. The smallest absolute Gasteiger partial charge is 0.307 e. The summed E-state index contributed by atoms with van der Waals surface area (Å²) in [5.74, 6) is -2.75. The molecule has 0 saturated carbocycles. The SMILES string of the molecule is CC(C)c1nc(C(C)C)c(CC(=O)O)c(-c2ccc(F)cc2)c1/C=C/C(O)CC(O)CC(=O)O. The number of halogens is 1. The van der Waals surface area contributed by atoms with Gasteiger partial charge in [0.05, 0.1) is 30.7 Å². The third-order valence-corrected chi connectivity index (χ3v) is 5.36. The Morgan fingerprint density at radius 1 is 0.971 bits per heavy atom. The first-order chi connectivity index (χ1) is 15.9. The third-order valence-electron chi connectivity index (χ3n) is 5.36. The second-order valence-corrected chi connectivity index (χ2v) is 8.95. The molecule has 0 aliphatic heterocycles. The fraction of sp³-hybridized carbons (Fsp3) is 0.423. The van der Waals surface area contributed by atoms with Crippen molar-refractivity contribution in [2.75, 3.05) is 0 Å². The van der Waals surface area contributed by atoms with Crippen molar-refractivity contribution < 1.29 is 34.4 Å². The number of rotatable bonds is 11. The quantitative estimate of drug-likeness (QED) is 0.382. The fourth-order valence-electron chi connectivity index (χ4n) is 3.89. The van der Waals surface area contributed by atoms with E-state index in [0.29, 0.717) is 33.6 Å². The van der Waals surface area contributed by atoms with Gasteiger partial charge in [0.25, 0.3) is 0 Å². The number of aliphatic hydroxyl groups is 2. The summed E-state index contributed by atoms with van der Waals surface area (Å²) in [4.78, 5) is 27.4. The van der Waals surface area contributed by atoms with Crippen molar-refractivity contribution in [1.82, 2.24) is 4.98 Å². The number of hydrogen-bond acceptors (Lipinski definition) is 5. The normalized spacial score (nSPS) is 13.6. The lowest BCUT2D eigenvalue weighted by Gasteiger charge is -2.23. The second-order valence-electron chi connectivity index (χ2n) is 8.95. The van der Waals surface area contributed by atoms with E-state index >= 15 is 0 Å². The zero-order valence-electron chi connectivity index (χ0n) is 19.8. The van der Waals surface area contributed by atoms with Crippen LogP contribution in [0.15, 0.2) is 30.3 Å². The highest BCUT2D eigenvalue weighted by molar-refractivity contribution is 5.84. The zero-order valence-corrected chi connectivity index (χ0v) is 19.8. The van der Waals surface area contributed by atoms with Crippen molar-refractivity contribution in [2.24, 2.45) is 0 Å². The number of carboxylic acid groups (broad SMARTS) is 2. The van der Waals surface area contributed by atoms with Crippen molar-refractivity contribution in [3.05, 3.63) is 58.7 Å². The van der Waals surface area contributed by atoms with Gasteiger partial charge in [-0.1, -0.05) is 52.0 Å². The number of aliphatic hydroxyl groups excluding tert-OH is 2. The molecule has 184 valence electrons. The lowest BCUT2D eigenvalue weighted by molar-refractivity contribution is -0.139. The average Bonchev–Trinajstić information content (AvgIpc) is 2.71. The van der Waals surface area contributed by atoms with Gasteiger partial charge in [0.1, 0.15) is 5.82 Å². The summed E-state index contributed by atoms with van der Waals surface area (Å²) in [6, 6.07) is 5.76. The Hall–Kier alpha value is -3.10. The summed E-state index contributed by atoms with van der Waals surface area (Å²) < 4.78 is 13.7. The molecule has 0 radical (unpaired) electrons. The number of aliphatic carboxylic acids is 2. The van der Waals surface area contributed by atoms with Crippen LogP contribution in [0.25, 0.3) is 17.2 Å². The summed E-state index contributed by atoms with van der Waals surface area (Å²) in [5.41, 5.74) is 3.64. The summed E-state index contributed by atoms with van der Waals surface area (Å²) in [5, 5.41) is 38.7. The van der Waals surface area contributed by atoms with E-state index in [1.807, 2.05) is 27.7 Å². The molecule has 0 aliphatic rings. The number of carboxylic acids is 2. The number of nitrogens with zero attached hydrogens (tertiary/aromatic N) is 1. The second kappa shape index (κ2) is 11.9. The number of benzene rings is 1. The summed E-state index contributed by atoms with van der Waals surface area (Å²) >= 11 is 0. The maximum Gasteiger partial charge on any atom is 0.307 e. The predicted molar refractivity (Wildman–Crippen MR) is 127 cm³/mol. The first-order valence-electron chi connectivity index (χ1n) is 11.2. The fourth-order valence-corrected chi connectivity index (χ4v) is 3.89. The van der Waals surface area contributed by atoms with Crippen LogP contribution < -0.4 is 0 Å². The number of carbonyl (C=O) groups is 2. The molecule has 0 fully saturated rings. The molecular formula is C26H32FNO6. The monoisotopic (exact) mass is 473 g/mol. The van der Waals surface area contributed by atoms with E-state index in [1.54, 1.807) is 18.2 Å². The summed E-state index contributed by atoms with van der Waals surface area (Å²) in [7, 11) is 0. The number of aromatic nitrogens is 1. The van der Waals surface area contributed by atoms with Crippen LogP contribution in [0.4, 0.5) is 4.39 Å². The molecule has 2 unspecified atom stereocenters. The molecule has 34 heavy (non-hydrogen) atoms. The summed E-state index contributed by atoms with van der Waals surface area (Å²) in [6.45, 7) is 7.74. The Labute approximate surface area is 198 Å². The molecule has 2 atom stereocenters. The standard InChI is InChI=1S/C26H32FNO6/c1-14(2)25-20(10-9-18(29)11-19(30)12-22(31)32)24(16-5-7-17(27)8-6-16)21(13-23(33)34)26(28-25)15(3)4/h5-10,14-15,18-19,29-30H,11-13H2,1-4H3,(H,31,32)(H,33,34)/b10-9+. The highest BCUT2D eigenvalue weighted by atomic mass is 19.1. The van der Waals surface area contributed by atoms with Gasteiger partial charge in [0.2, 0.25) is 0 Å². The van der Waals surface area contributed by atoms with Crippen LogP contribution >= 0.6 is 0 Å². The van der Waals surface area contributed by atoms with Crippen LogP contribution in [0.1, 0.15) is 74.9 Å². The van der Waals surface area contributed by atoms with Gasteiger partial charge in [-0.2, -0.15) is 0 Å². The first-order valence-corrected chi connectivity index (χ1v) is 11.2. The van der Waals surface area contributed by atoms with Crippen LogP contribution in [0.3, 0.4) is 0 Å². The Morgan fingerprint density at radius 3 is 2.06 bits per heavy atom. The van der Waals surface area contributed by atoms with Gasteiger partial charge in [-0.15, -0.1) is 0 Å². The van der Waals surface area contributed by atoms with Gasteiger partial charge in [0.15, 0.2) is 0 Å². The van der Waals surface area contributed by atoms with Gasteiger partial charge in [-0.05, 0) is 40.7 Å². The molecule has 0 spiro atoms. The number of pyridine rings is 1. The van der Waals surface area contributed by atoms with Crippen molar-refractivity contribution in [3.8, 4) is 11.1 Å². The Bertz CT molecular complexity index is 1050. The molecule has 1 aromatic heterocycles. The molecule has 0 amide bonds. The molecule has 2 rings (SSSR count). The van der Waals surface area contributed by atoms with E-state index < -0.39 is 36.4 Å². The molecule has 1 heterocycles. The van der Waals surface area contributed by atoms with Crippen molar-refractivity contribution >= 4 is 18.0 Å². The minimum Gasteiger partial charge on any atom is -0.481 e. The molecular weight excluding hydrogens is 441 g/mol. The van der Waals surface area contributed by atoms with E-state index in [0.717, 1.165) is 0 Å². The molecule has 1 aromatic carbocycles. The van der Waals surface area contributed by atoms with E-state index in [-0.39, 0.29) is 24.7 Å². The molecule has 0 bridgehead atoms. The zero-order chi connectivity index (χ0) is 25.6. The van der Waals surface area contributed by atoms with Crippen LogP contribution in [0.2, 0.25) is 0 Å². The first kappa shape index (κ1) is 27.1. The third kappa shape index (κ3) is 7.20. The molecule has 0 saturated heterocycles. The van der Waals surface area contributed by atoms with Crippen LogP contribution in [-0.2, 0) is 16.0 Å². The molecule has 4 N–H and O–H groups in total. The van der Waals surface area contributed by atoms with Crippen molar-refractivity contribution in [3.63, 3.8) is 0 Å². The Kier molecular flexibility index (Phi) is 9.46. The Morgan fingerprint density at radius 2 is 1.56 bits per heavy atom. The highest BCUT2D eigenvalue weighted by Gasteiger charge is 2.24. The van der Waals surface area contributed by atoms with E-state index in [1.165, 1.54) is 18.2 Å². The maximum absolute atomic E-state index is 13.7. The molecule has 7 nitrogen and oxygen atoms in total.